The van der Waals surface area contributed by atoms with Crippen LogP contribution in [-0.2, 0) is 9.68 Å². The lowest BCUT2D eigenvalue weighted by Crippen LogP contribution is -2.40. The number of hydrogen-bond acceptors (Lipinski definition) is 3. The lowest BCUT2D eigenvalue weighted by molar-refractivity contribution is -0.249. The molecule has 0 amide bonds. The highest BCUT2D eigenvalue weighted by Crippen LogP contribution is 2.44. The molecular weight excluding hydrogens is 276 g/mol. The maximum Gasteiger partial charge on any atom is 0.348 e. The van der Waals surface area contributed by atoms with Gasteiger partial charge in [-0.25, -0.2) is 4.79 Å². The van der Waals surface area contributed by atoms with Gasteiger partial charge in [0.1, 0.15) is 0 Å². The van der Waals surface area contributed by atoms with Gasteiger partial charge < -0.3 is 4.89 Å². The predicted molar refractivity (Wildman–Crippen MR) is 90.5 cm³/mol. The SMILES string of the molecule is CC(C1CCCCC1)C(C)(CCCCC(C)(C)C)C(=O)OO. The Labute approximate surface area is 136 Å². The summed E-state index contributed by atoms with van der Waals surface area (Å²) < 4.78 is 0. The van der Waals surface area contributed by atoms with Crippen LogP contribution in [0.15, 0.2) is 0 Å². The van der Waals surface area contributed by atoms with Crippen LogP contribution >= 0.6 is 0 Å². The van der Waals surface area contributed by atoms with E-state index in [1.807, 2.05) is 6.92 Å². The van der Waals surface area contributed by atoms with Crippen molar-refractivity contribution in [2.75, 3.05) is 0 Å². The van der Waals surface area contributed by atoms with Gasteiger partial charge in [0.2, 0.25) is 0 Å². The van der Waals surface area contributed by atoms with Crippen LogP contribution in [0.25, 0.3) is 0 Å². The van der Waals surface area contributed by atoms with E-state index in [0.717, 1.165) is 25.7 Å². The summed E-state index contributed by atoms with van der Waals surface area (Å²) in [6, 6.07) is 0. The van der Waals surface area contributed by atoms with Crippen molar-refractivity contribution < 1.29 is 14.9 Å². The summed E-state index contributed by atoms with van der Waals surface area (Å²) in [5, 5.41) is 8.95. The van der Waals surface area contributed by atoms with Crippen molar-refractivity contribution in [1.29, 1.82) is 0 Å². The second-order valence-electron chi connectivity index (χ2n) is 8.75. The molecule has 22 heavy (non-hydrogen) atoms. The molecule has 3 heteroatoms. The summed E-state index contributed by atoms with van der Waals surface area (Å²) in [6.45, 7) is 10.9. The van der Waals surface area contributed by atoms with E-state index in [1.54, 1.807) is 0 Å². The molecule has 1 aliphatic rings. The van der Waals surface area contributed by atoms with Crippen LogP contribution < -0.4 is 0 Å². The zero-order valence-corrected chi connectivity index (χ0v) is 15.3. The molecule has 130 valence electrons. The highest BCUT2D eigenvalue weighted by molar-refractivity contribution is 5.76. The van der Waals surface area contributed by atoms with Gasteiger partial charge in [-0.2, -0.15) is 5.26 Å². The molecule has 0 heterocycles. The fraction of sp³-hybridized carbons (Fsp3) is 0.947. The van der Waals surface area contributed by atoms with Gasteiger partial charge in [-0.15, -0.1) is 0 Å². The van der Waals surface area contributed by atoms with Gasteiger partial charge in [0.05, 0.1) is 5.41 Å². The number of carbonyl (C=O) groups excluding carboxylic acids is 1. The minimum atomic E-state index is -0.561. The highest BCUT2D eigenvalue weighted by atomic mass is 17.1. The smallest absolute Gasteiger partial charge is 0.300 e. The molecule has 2 unspecified atom stereocenters. The van der Waals surface area contributed by atoms with Crippen molar-refractivity contribution in [2.45, 2.75) is 92.4 Å². The Morgan fingerprint density at radius 2 is 1.64 bits per heavy atom. The van der Waals surface area contributed by atoms with E-state index in [2.05, 4.69) is 32.6 Å². The first-order valence-electron chi connectivity index (χ1n) is 9.06. The number of unbranched alkanes of at least 4 members (excludes halogenated alkanes) is 1. The zero-order chi connectivity index (χ0) is 16.8. The topological polar surface area (TPSA) is 46.5 Å². The van der Waals surface area contributed by atoms with Gasteiger partial charge in [0, 0.05) is 0 Å². The molecule has 1 fully saturated rings. The Morgan fingerprint density at radius 1 is 1.09 bits per heavy atom. The van der Waals surface area contributed by atoms with Crippen molar-refractivity contribution >= 4 is 5.97 Å². The van der Waals surface area contributed by atoms with E-state index in [1.165, 1.54) is 32.1 Å². The lowest BCUT2D eigenvalue weighted by atomic mass is 9.65. The minimum absolute atomic E-state index is 0.266. The van der Waals surface area contributed by atoms with E-state index in [4.69, 9.17) is 5.26 Å². The second-order valence-corrected chi connectivity index (χ2v) is 8.75. The molecule has 0 bridgehead atoms. The maximum atomic E-state index is 12.2. The fourth-order valence-corrected chi connectivity index (χ4v) is 3.92. The molecule has 0 aromatic carbocycles. The quantitative estimate of drug-likeness (QED) is 0.365. The van der Waals surface area contributed by atoms with Crippen molar-refractivity contribution in [1.82, 2.24) is 0 Å². The number of rotatable bonds is 7. The van der Waals surface area contributed by atoms with Crippen LogP contribution in [0.3, 0.4) is 0 Å². The Balaban J connectivity index is 2.65. The normalized spacial score (nSPS) is 21.2. The van der Waals surface area contributed by atoms with E-state index in [-0.39, 0.29) is 5.92 Å². The first-order valence-corrected chi connectivity index (χ1v) is 9.06. The minimum Gasteiger partial charge on any atom is -0.300 e. The van der Waals surface area contributed by atoms with Gasteiger partial charge in [-0.3, -0.25) is 0 Å². The molecule has 2 atom stereocenters. The van der Waals surface area contributed by atoms with Crippen LogP contribution in [0.4, 0.5) is 0 Å². The fourth-order valence-electron chi connectivity index (χ4n) is 3.92. The van der Waals surface area contributed by atoms with E-state index in [9.17, 15) is 4.79 Å². The van der Waals surface area contributed by atoms with Crippen molar-refractivity contribution in [2.24, 2.45) is 22.7 Å². The Morgan fingerprint density at radius 3 is 2.14 bits per heavy atom. The standard InChI is InChI=1S/C19H36O3/c1-15(16-11-7-6-8-12-16)19(5,17(20)22-21)14-10-9-13-18(2,3)4/h15-16,21H,6-14H2,1-5H3. The average Bonchev–Trinajstić information content (AvgIpc) is 2.49. The van der Waals surface area contributed by atoms with Crippen LogP contribution in [0.1, 0.15) is 92.4 Å². The zero-order valence-electron chi connectivity index (χ0n) is 15.3. The van der Waals surface area contributed by atoms with Gasteiger partial charge in [-0.1, -0.05) is 72.6 Å². The Hall–Kier alpha value is -0.570. The largest absolute Gasteiger partial charge is 0.348 e. The summed E-state index contributed by atoms with van der Waals surface area (Å²) in [4.78, 5) is 16.4. The molecule has 0 aliphatic heterocycles. The lowest BCUT2D eigenvalue weighted by Gasteiger charge is -2.39. The van der Waals surface area contributed by atoms with E-state index < -0.39 is 11.4 Å². The van der Waals surface area contributed by atoms with E-state index >= 15 is 0 Å². The number of carbonyl (C=O) groups is 1. The number of hydrogen-bond donors (Lipinski definition) is 1. The second kappa shape index (κ2) is 8.33. The molecule has 3 nitrogen and oxygen atoms in total. The van der Waals surface area contributed by atoms with Crippen LogP contribution in [0.2, 0.25) is 0 Å². The first kappa shape index (κ1) is 19.5. The van der Waals surface area contributed by atoms with E-state index in [0.29, 0.717) is 11.3 Å². The summed E-state index contributed by atoms with van der Waals surface area (Å²) >= 11 is 0. The molecule has 0 radical (unpaired) electrons. The predicted octanol–water partition coefficient (Wildman–Crippen LogP) is 5.83. The Kier molecular flexibility index (Phi) is 7.37. The third-order valence-electron chi connectivity index (χ3n) is 5.78. The monoisotopic (exact) mass is 312 g/mol. The molecule has 0 spiro atoms. The van der Waals surface area contributed by atoms with Gasteiger partial charge in [-0.05, 0) is 37.0 Å². The summed E-state index contributed by atoms with van der Waals surface area (Å²) in [7, 11) is 0. The van der Waals surface area contributed by atoms with Crippen molar-refractivity contribution in [3.05, 3.63) is 0 Å². The van der Waals surface area contributed by atoms with Crippen LogP contribution in [-0.4, -0.2) is 11.2 Å². The van der Waals surface area contributed by atoms with Gasteiger partial charge >= 0.3 is 5.97 Å². The summed E-state index contributed by atoms with van der Waals surface area (Å²) in [5.41, 5.74) is -0.225. The molecule has 1 N–H and O–H groups in total. The molecule has 0 aromatic rings. The Bertz CT molecular complexity index is 339. The summed E-state index contributed by atoms with van der Waals surface area (Å²) in [5.74, 6) is 0.406. The molecule has 0 aromatic heterocycles. The third kappa shape index (κ3) is 5.57. The maximum absolute atomic E-state index is 12.2. The van der Waals surface area contributed by atoms with Crippen molar-refractivity contribution in [3.8, 4) is 0 Å². The highest BCUT2D eigenvalue weighted by Gasteiger charge is 2.43. The van der Waals surface area contributed by atoms with Crippen molar-refractivity contribution in [3.63, 3.8) is 0 Å². The molecule has 0 saturated heterocycles. The molecule has 1 rings (SSSR count). The van der Waals surface area contributed by atoms with Crippen LogP contribution in [0.5, 0.6) is 0 Å². The van der Waals surface area contributed by atoms with Gasteiger partial charge in [0.25, 0.3) is 0 Å². The van der Waals surface area contributed by atoms with Crippen LogP contribution in [0, 0.1) is 22.7 Å². The van der Waals surface area contributed by atoms with Gasteiger partial charge in [0.15, 0.2) is 0 Å². The average molecular weight is 312 g/mol. The first-order chi connectivity index (χ1) is 10.2. The third-order valence-corrected chi connectivity index (χ3v) is 5.78. The summed E-state index contributed by atoms with van der Waals surface area (Å²) in [6.07, 6.45) is 10.4. The molecule has 1 aliphatic carbocycles. The molecule has 1 saturated carbocycles. The molecular formula is C19H36O3.